The van der Waals surface area contributed by atoms with E-state index >= 15 is 0 Å². The highest BCUT2D eigenvalue weighted by molar-refractivity contribution is 6.01. The maximum atomic E-state index is 12.3. The lowest BCUT2D eigenvalue weighted by Crippen LogP contribution is -2.28. The van der Waals surface area contributed by atoms with E-state index in [1.54, 1.807) is 0 Å². The minimum Gasteiger partial charge on any atom is -0.378 e. The molecule has 0 spiro atoms. The minimum atomic E-state index is 0.193. The molecule has 2 aromatic rings. The van der Waals surface area contributed by atoms with Crippen molar-refractivity contribution in [2.45, 2.75) is 19.3 Å². The number of aromatic nitrogens is 1. The average molecular weight is 307 g/mol. The third kappa shape index (κ3) is 2.69. The number of rotatable bonds is 4. The second-order valence-corrected chi connectivity index (χ2v) is 6.76. The highest BCUT2D eigenvalue weighted by Crippen LogP contribution is 2.37. The van der Waals surface area contributed by atoms with E-state index in [4.69, 9.17) is 0 Å². The van der Waals surface area contributed by atoms with Crippen molar-refractivity contribution in [1.29, 1.82) is 0 Å². The van der Waals surface area contributed by atoms with E-state index in [0.29, 0.717) is 12.3 Å². The molecule has 2 aliphatic rings. The summed E-state index contributed by atoms with van der Waals surface area (Å²) in [6.07, 6.45) is 4.83. The number of fused-ring (bicyclic) bond motifs is 1. The molecule has 2 heterocycles. The van der Waals surface area contributed by atoms with E-state index in [1.807, 2.05) is 25.2 Å². The third-order valence-corrected chi connectivity index (χ3v) is 4.69. The predicted octanol–water partition coefficient (Wildman–Crippen LogP) is 3.11. The maximum Gasteiger partial charge on any atom is 0.233 e. The van der Waals surface area contributed by atoms with E-state index in [0.717, 1.165) is 34.7 Å². The molecule has 1 aliphatic heterocycles. The zero-order chi connectivity index (χ0) is 16.0. The first-order valence-corrected chi connectivity index (χ1v) is 8.19. The van der Waals surface area contributed by atoms with Gasteiger partial charge in [-0.1, -0.05) is 12.1 Å². The molecule has 0 atom stereocenters. The molecular weight excluding hydrogens is 286 g/mol. The van der Waals surface area contributed by atoms with E-state index in [2.05, 4.69) is 40.2 Å². The summed E-state index contributed by atoms with van der Waals surface area (Å²) in [5.41, 5.74) is 5.30. The molecular formula is C19H21N3O. The number of benzene rings is 1. The Morgan fingerprint density at radius 3 is 2.78 bits per heavy atom. The molecule has 1 aromatic carbocycles. The monoisotopic (exact) mass is 307 g/mol. The van der Waals surface area contributed by atoms with Gasteiger partial charge in [0.15, 0.2) is 0 Å². The van der Waals surface area contributed by atoms with Crippen LogP contribution in [0.5, 0.6) is 0 Å². The van der Waals surface area contributed by atoms with Crippen LogP contribution in [0.4, 0.5) is 11.4 Å². The molecule has 0 bridgehead atoms. The lowest BCUT2D eigenvalue weighted by atomic mass is 10.1. The summed E-state index contributed by atoms with van der Waals surface area (Å²) in [6.45, 7) is 0.856. The highest BCUT2D eigenvalue weighted by atomic mass is 16.2. The largest absolute Gasteiger partial charge is 0.378 e. The number of carbonyl (C=O) groups excluding carboxylic acids is 1. The maximum absolute atomic E-state index is 12.3. The summed E-state index contributed by atoms with van der Waals surface area (Å²) in [4.78, 5) is 20.9. The van der Waals surface area contributed by atoms with E-state index in [1.165, 1.54) is 12.8 Å². The van der Waals surface area contributed by atoms with Gasteiger partial charge in [-0.15, -0.1) is 0 Å². The van der Waals surface area contributed by atoms with Gasteiger partial charge in [0.05, 0.1) is 17.8 Å². The Bertz CT molecular complexity index is 765. The molecule has 1 saturated carbocycles. The Labute approximate surface area is 136 Å². The smallest absolute Gasteiger partial charge is 0.233 e. The van der Waals surface area contributed by atoms with Gasteiger partial charge in [0.1, 0.15) is 0 Å². The average Bonchev–Trinajstić information content (AvgIpc) is 3.32. The predicted molar refractivity (Wildman–Crippen MR) is 92.8 cm³/mol. The number of hydrogen-bond acceptors (Lipinski definition) is 3. The normalized spacial score (nSPS) is 16.6. The Hall–Kier alpha value is -2.36. The molecule has 4 nitrogen and oxygen atoms in total. The van der Waals surface area contributed by atoms with Crippen molar-refractivity contribution in [3.8, 4) is 11.1 Å². The first-order chi connectivity index (χ1) is 11.1. The summed E-state index contributed by atoms with van der Waals surface area (Å²) >= 11 is 0. The Balaban J connectivity index is 1.70. The Morgan fingerprint density at radius 1 is 1.22 bits per heavy atom. The van der Waals surface area contributed by atoms with E-state index in [9.17, 15) is 4.79 Å². The summed E-state index contributed by atoms with van der Waals surface area (Å²) in [5.74, 6) is 0.879. The summed E-state index contributed by atoms with van der Waals surface area (Å²) in [5, 5.41) is 0. The lowest BCUT2D eigenvalue weighted by Gasteiger charge is -2.18. The van der Waals surface area contributed by atoms with Crippen LogP contribution in [-0.2, 0) is 11.2 Å². The molecule has 0 radical (unpaired) electrons. The molecule has 1 aromatic heterocycles. The number of carbonyl (C=O) groups is 1. The topological polar surface area (TPSA) is 36.4 Å². The number of anilines is 2. The van der Waals surface area contributed by atoms with Crippen molar-refractivity contribution < 1.29 is 4.79 Å². The quantitative estimate of drug-likeness (QED) is 0.871. The Kier molecular flexibility index (Phi) is 3.33. The van der Waals surface area contributed by atoms with Crippen LogP contribution >= 0.6 is 0 Å². The van der Waals surface area contributed by atoms with Crippen LogP contribution in [0.1, 0.15) is 18.5 Å². The van der Waals surface area contributed by atoms with Gasteiger partial charge in [-0.05, 0) is 42.5 Å². The van der Waals surface area contributed by atoms with Gasteiger partial charge >= 0.3 is 0 Å². The van der Waals surface area contributed by atoms with Gasteiger partial charge < -0.3 is 9.80 Å². The van der Waals surface area contributed by atoms with Gasteiger partial charge in [-0.3, -0.25) is 9.78 Å². The van der Waals surface area contributed by atoms with Crippen LogP contribution in [-0.4, -0.2) is 31.5 Å². The zero-order valence-electron chi connectivity index (χ0n) is 13.6. The highest BCUT2D eigenvalue weighted by Gasteiger charge is 2.33. The van der Waals surface area contributed by atoms with Crippen molar-refractivity contribution in [2.24, 2.45) is 5.92 Å². The fourth-order valence-corrected chi connectivity index (χ4v) is 3.10. The van der Waals surface area contributed by atoms with Crippen LogP contribution in [0.15, 0.2) is 36.5 Å². The van der Waals surface area contributed by atoms with Gasteiger partial charge in [0, 0.05) is 38.1 Å². The van der Waals surface area contributed by atoms with Gasteiger partial charge in [0.25, 0.3) is 0 Å². The second-order valence-electron chi connectivity index (χ2n) is 6.76. The van der Waals surface area contributed by atoms with Gasteiger partial charge in [-0.25, -0.2) is 0 Å². The fourth-order valence-electron chi connectivity index (χ4n) is 3.10. The van der Waals surface area contributed by atoms with Gasteiger partial charge in [-0.2, -0.15) is 0 Å². The van der Waals surface area contributed by atoms with Crippen LogP contribution in [0, 0.1) is 5.92 Å². The zero-order valence-corrected chi connectivity index (χ0v) is 13.6. The number of pyridine rings is 1. The molecule has 1 fully saturated rings. The van der Waals surface area contributed by atoms with Crippen molar-refractivity contribution >= 4 is 17.3 Å². The van der Waals surface area contributed by atoms with Crippen LogP contribution in [0.3, 0.4) is 0 Å². The number of nitrogens with zero attached hydrogens (tertiary/aromatic N) is 3. The molecule has 0 unspecified atom stereocenters. The first kappa shape index (κ1) is 14.2. The minimum absolute atomic E-state index is 0.193. The van der Waals surface area contributed by atoms with E-state index in [-0.39, 0.29) is 5.91 Å². The number of amides is 1. The van der Waals surface area contributed by atoms with E-state index < -0.39 is 0 Å². The van der Waals surface area contributed by atoms with Crippen LogP contribution in [0.25, 0.3) is 11.1 Å². The summed E-state index contributed by atoms with van der Waals surface area (Å²) < 4.78 is 0. The van der Waals surface area contributed by atoms with Crippen LogP contribution < -0.4 is 9.80 Å². The SMILES string of the molecule is CN(C)c1cccc(-c2cnc3c(c2)N(CC2CC2)C(=O)C3)c1. The van der Waals surface area contributed by atoms with Crippen molar-refractivity contribution in [1.82, 2.24) is 4.98 Å². The molecule has 1 amide bonds. The van der Waals surface area contributed by atoms with Crippen molar-refractivity contribution in [2.75, 3.05) is 30.4 Å². The molecule has 23 heavy (non-hydrogen) atoms. The molecule has 118 valence electrons. The Morgan fingerprint density at radius 2 is 2.04 bits per heavy atom. The molecule has 4 heteroatoms. The van der Waals surface area contributed by atoms with Crippen LogP contribution in [0.2, 0.25) is 0 Å². The molecule has 0 N–H and O–H groups in total. The molecule has 0 saturated heterocycles. The van der Waals surface area contributed by atoms with Gasteiger partial charge in [0.2, 0.25) is 5.91 Å². The second kappa shape index (κ2) is 5.37. The lowest BCUT2D eigenvalue weighted by molar-refractivity contribution is -0.117. The molecule has 4 rings (SSSR count). The standard InChI is InChI=1S/C19H21N3O/c1-21(2)16-5-3-4-14(8-16)15-9-18-17(20-11-15)10-19(23)22(18)12-13-6-7-13/h3-5,8-9,11,13H,6-7,10,12H2,1-2H3. The van der Waals surface area contributed by atoms with Crippen molar-refractivity contribution in [3.63, 3.8) is 0 Å². The number of hydrogen-bond donors (Lipinski definition) is 0. The molecule has 1 aliphatic carbocycles. The summed E-state index contributed by atoms with van der Waals surface area (Å²) in [7, 11) is 4.08. The fraction of sp³-hybridized carbons (Fsp3) is 0.368. The third-order valence-electron chi connectivity index (χ3n) is 4.69. The summed E-state index contributed by atoms with van der Waals surface area (Å²) in [6, 6.07) is 10.5. The van der Waals surface area contributed by atoms with Crippen molar-refractivity contribution in [3.05, 3.63) is 42.2 Å². The first-order valence-electron chi connectivity index (χ1n) is 8.19.